The van der Waals surface area contributed by atoms with E-state index in [2.05, 4.69) is 36.1 Å². The third kappa shape index (κ3) is 3.99. The molecule has 112 valence electrons. The molecule has 0 amide bonds. The highest BCUT2D eigenvalue weighted by atomic mass is 16.3. The number of benzene rings is 1. The van der Waals surface area contributed by atoms with Crippen molar-refractivity contribution in [2.24, 2.45) is 5.92 Å². The quantitative estimate of drug-likeness (QED) is 0.853. The largest absolute Gasteiger partial charge is 0.388 e. The highest BCUT2D eigenvalue weighted by Crippen LogP contribution is 2.26. The van der Waals surface area contributed by atoms with E-state index in [9.17, 15) is 5.11 Å². The van der Waals surface area contributed by atoms with E-state index in [0.717, 1.165) is 17.9 Å². The summed E-state index contributed by atoms with van der Waals surface area (Å²) in [6.45, 7) is 6.66. The predicted molar refractivity (Wildman–Crippen MR) is 86.2 cm³/mol. The second-order valence-corrected chi connectivity index (χ2v) is 6.09. The summed E-state index contributed by atoms with van der Waals surface area (Å²) in [5.41, 5.74) is 2.35. The van der Waals surface area contributed by atoms with Gasteiger partial charge in [-0.25, -0.2) is 0 Å². The van der Waals surface area contributed by atoms with E-state index in [0.29, 0.717) is 0 Å². The maximum atomic E-state index is 9.86. The molecule has 2 heteroatoms. The zero-order valence-electron chi connectivity index (χ0n) is 13.0. The van der Waals surface area contributed by atoms with Crippen LogP contribution in [0.2, 0.25) is 0 Å². The predicted octanol–water partition coefficient (Wildman–Crippen LogP) is 4.54. The van der Waals surface area contributed by atoms with Crippen LogP contribution in [-0.2, 0) is 0 Å². The molecule has 1 N–H and O–H groups in total. The van der Waals surface area contributed by atoms with E-state index in [1.165, 1.54) is 50.9 Å². The number of hydrogen-bond donors (Lipinski definition) is 1. The summed E-state index contributed by atoms with van der Waals surface area (Å²) >= 11 is 0. The Morgan fingerprint density at radius 1 is 1.15 bits per heavy atom. The van der Waals surface area contributed by atoms with Crippen LogP contribution in [0.25, 0.3) is 0 Å². The molecule has 1 aromatic carbocycles. The maximum Gasteiger partial charge on any atom is 0.0787 e. The summed E-state index contributed by atoms with van der Waals surface area (Å²) < 4.78 is 0. The molecule has 1 aliphatic heterocycles. The lowest BCUT2D eigenvalue weighted by atomic mass is 9.96. The standard InChI is InChI=1S/C18H29NO/c1-3-6-15-7-5-13-19(14-12-15)17-10-8-16(9-11-17)18(20)4-2/h8-11,15,18,20H,3-7,12-14H2,1-2H3. The number of rotatable bonds is 5. The van der Waals surface area contributed by atoms with E-state index >= 15 is 0 Å². The molecule has 2 nitrogen and oxygen atoms in total. The summed E-state index contributed by atoms with van der Waals surface area (Å²) in [6.07, 6.45) is 7.18. The molecule has 20 heavy (non-hydrogen) atoms. The first-order valence-electron chi connectivity index (χ1n) is 8.27. The highest BCUT2D eigenvalue weighted by Gasteiger charge is 2.16. The lowest BCUT2D eigenvalue weighted by molar-refractivity contribution is 0.173. The minimum absolute atomic E-state index is 0.317. The van der Waals surface area contributed by atoms with Crippen molar-refractivity contribution < 1.29 is 5.11 Å². The topological polar surface area (TPSA) is 23.5 Å². The molecule has 0 radical (unpaired) electrons. The fourth-order valence-electron chi connectivity index (χ4n) is 3.26. The van der Waals surface area contributed by atoms with Gasteiger partial charge in [-0.15, -0.1) is 0 Å². The Hall–Kier alpha value is -1.02. The van der Waals surface area contributed by atoms with Crippen LogP contribution in [0.5, 0.6) is 0 Å². The summed E-state index contributed by atoms with van der Waals surface area (Å²) in [5, 5.41) is 9.86. The van der Waals surface area contributed by atoms with Crippen molar-refractivity contribution in [1.82, 2.24) is 0 Å². The van der Waals surface area contributed by atoms with E-state index in [1.807, 2.05) is 6.92 Å². The van der Waals surface area contributed by atoms with Crippen molar-refractivity contribution in [2.75, 3.05) is 18.0 Å². The molecule has 1 fully saturated rings. The molecule has 1 saturated heterocycles. The molecule has 0 spiro atoms. The van der Waals surface area contributed by atoms with Crippen LogP contribution in [0, 0.1) is 5.92 Å². The number of aliphatic hydroxyl groups excluding tert-OH is 1. The summed E-state index contributed by atoms with van der Waals surface area (Å²) in [6, 6.07) is 8.51. The average Bonchev–Trinajstić information content (AvgIpc) is 2.73. The number of hydrogen-bond acceptors (Lipinski definition) is 2. The zero-order chi connectivity index (χ0) is 14.4. The molecule has 2 rings (SSSR count). The lowest BCUT2D eigenvalue weighted by Gasteiger charge is -2.23. The van der Waals surface area contributed by atoms with Crippen molar-refractivity contribution in [3.8, 4) is 0 Å². The van der Waals surface area contributed by atoms with Crippen molar-refractivity contribution in [3.05, 3.63) is 29.8 Å². The normalized spacial score (nSPS) is 21.6. The first kappa shape index (κ1) is 15.4. The Balaban J connectivity index is 1.97. The molecular formula is C18H29NO. The minimum atomic E-state index is -0.317. The van der Waals surface area contributed by atoms with Crippen LogP contribution >= 0.6 is 0 Å². The van der Waals surface area contributed by atoms with Gasteiger partial charge in [-0.3, -0.25) is 0 Å². The van der Waals surface area contributed by atoms with Gasteiger partial charge in [0.1, 0.15) is 0 Å². The molecule has 1 heterocycles. The van der Waals surface area contributed by atoms with E-state index in [-0.39, 0.29) is 6.10 Å². The maximum absolute atomic E-state index is 9.86. The third-order valence-corrected chi connectivity index (χ3v) is 4.57. The van der Waals surface area contributed by atoms with Gasteiger partial charge < -0.3 is 10.0 Å². The molecule has 0 saturated carbocycles. The van der Waals surface area contributed by atoms with Gasteiger partial charge in [0.25, 0.3) is 0 Å². The SMILES string of the molecule is CCCC1CCCN(c2ccc(C(O)CC)cc2)CC1. The highest BCUT2D eigenvalue weighted by molar-refractivity contribution is 5.48. The first-order chi connectivity index (χ1) is 9.74. The molecule has 0 aromatic heterocycles. The average molecular weight is 275 g/mol. The van der Waals surface area contributed by atoms with Crippen molar-refractivity contribution in [3.63, 3.8) is 0 Å². The Morgan fingerprint density at radius 3 is 2.55 bits per heavy atom. The summed E-state index contributed by atoms with van der Waals surface area (Å²) in [4.78, 5) is 2.51. The molecular weight excluding hydrogens is 246 g/mol. The molecule has 0 bridgehead atoms. The molecule has 1 aromatic rings. The Kier molecular flexibility index (Phi) is 5.90. The van der Waals surface area contributed by atoms with Gasteiger partial charge in [0.2, 0.25) is 0 Å². The van der Waals surface area contributed by atoms with Crippen molar-refractivity contribution >= 4 is 5.69 Å². The van der Waals surface area contributed by atoms with Gasteiger partial charge in [0, 0.05) is 18.8 Å². The Bertz CT molecular complexity index is 387. The van der Waals surface area contributed by atoms with Crippen LogP contribution in [0.4, 0.5) is 5.69 Å². The smallest absolute Gasteiger partial charge is 0.0787 e. The van der Waals surface area contributed by atoms with Gasteiger partial charge in [-0.1, -0.05) is 38.8 Å². The summed E-state index contributed by atoms with van der Waals surface area (Å²) in [5.74, 6) is 0.922. The monoisotopic (exact) mass is 275 g/mol. The van der Waals surface area contributed by atoms with E-state index in [4.69, 9.17) is 0 Å². The summed E-state index contributed by atoms with van der Waals surface area (Å²) in [7, 11) is 0. The third-order valence-electron chi connectivity index (χ3n) is 4.57. The minimum Gasteiger partial charge on any atom is -0.388 e. The molecule has 1 aliphatic rings. The van der Waals surface area contributed by atoms with Crippen LogP contribution in [0.3, 0.4) is 0 Å². The fraction of sp³-hybridized carbons (Fsp3) is 0.667. The number of nitrogens with zero attached hydrogens (tertiary/aromatic N) is 1. The van der Waals surface area contributed by atoms with Crippen LogP contribution < -0.4 is 4.90 Å². The number of aliphatic hydroxyl groups is 1. The second-order valence-electron chi connectivity index (χ2n) is 6.09. The fourth-order valence-corrected chi connectivity index (χ4v) is 3.26. The lowest BCUT2D eigenvalue weighted by Crippen LogP contribution is -2.24. The van der Waals surface area contributed by atoms with E-state index < -0.39 is 0 Å². The molecule has 2 unspecified atom stereocenters. The van der Waals surface area contributed by atoms with Gasteiger partial charge in [-0.05, 0) is 49.3 Å². The second kappa shape index (κ2) is 7.68. The number of anilines is 1. The molecule has 2 atom stereocenters. The van der Waals surface area contributed by atoms with Gasteiger partial charge >= 0.3 is 0 Å². The van der Waals surface area contributed by atoms with Gasteiger partial charge in [-0.2, -0.15) is 0 Å². The van der Waals surface area contributed by atoms with E-state index in [1.54, 1.807) is 0 Å². The van der Waals surface area contributed by atoms with Gasteiger partial charge in [0.05, 0.1) is 6.10 Å². The molecule has 0 aliphatic carbocycles. The van der Waals surface area contributed by atoms with Crippen LogP contribution in [0.15, 0.2) is 24.3 Å². The van der Waals surface area contributed by atoms with Crippen LogP contribution in [0.1, 0.15) is 64.0 Å². The van der Waals surface area contributed by atoms with Crippen molar-refractivity contribution in [1.29, 1.82) is 0 Å². The zero-order valence-corrected chi connectivity index (χ0v) is 13.0. The van der Waals surface area contributed by atoms with Crippen molar-refractivity contribution in [2.45, 2.75) is 58.5 Å². The van der Waals surface area contributed by atoms with Crippen LogP contribution in [-0.4, -0.2) is 18.2 Å². The van der Waals surface area contributed by atoms with Gasteiger partial charge in [0.15, 0.2) is 0 Å². The Morgan fingerprint density at radius 2 is 1.90 bits per heavy atom. The first-order valence-corrected chi connectivity index (χ1v) is 8.27. The Labute approximate surface area is 123 Å².